The van der Waals surface area contributed by atoms with Crippen molar-refractivity contribution in [3.63, 3.8) is 0 Å². The number of para-hydroxylation sites is 1. The van der Waals surface area contributed by atoms with Gasteiger partial charge in [0.15, 0.2) is 11.0 Å². The monoisotopic (exact) mass is 405 g/mol. The maximum Gasteiger partial charge on any atom is 0.283 e. The zero-order chi connectivity index (χ0) is 19.3. The molecule has 0 radical (unpaired) electrons. The van der Waals surface area contributed by atoms with Crippen LogP contribution in [-0.2, 0) is 4.79 Å². The number of carbonyl (C=O) groups is 2. The molecule has 3 heterocycles. The van der Waals surface area contributed by atoms with E-state index in [4.69, 9.17) is 0 Å². The first kappa shape index (κ1) is 18.3. The summed E-state index contributed by atoms with van der Waals surface area (Å²) in [7, 11) is 0. The van der Waals surface area contributed by atoms with Gasteiger partial charge in [-0.15, -0.1) is 11.3 Å². The van der Waals surface area contributed by atoms with E-state index in [2.05, 4.69) is 9.98 Å². The van der Waals surface area contributed by atoms with E-state index < -0.39 is 0 Å². The minimum absolute atomic E-state index is 0.0212. The van der Waals surface area contributed by atoms with Crippen LogP contribution >= 0.6 is 23.1 Å². The summed E-state index contributed by atoms with van der Waals surface area (Å²) in [6, 6.07) is 16.6. The molecule has 3 aromatic rings. The van der Waals surface area contributed by atoms with Gasteiger partial charge in [0.05, 0.1) is 16.3 Å². The number of hydrogen-bond donors (Lipinski definition) is 0. The summed E-state index contributed by atoms with van der Waals surface area (Å²) >= 11 is 2.68. The lowest BCUT2D eigenvalue weighted by Gasteiger charge is -2.17. The molecule has 138 valence electrons. The van der Waals surface area contributed by atoms with E-state index in [0.29, 0.717) is 15.7 Å². The number of carbonyl (C=O) groups excluding carboxylic acids is 2. The molecule has 4 rings (SSSR count). The van der Waals surface area contributed by atoms with Crippen LogP contribution < -0.4 is 4.90 Å². The molecule has 5 nitrogen and oxygen atoms in total. The van der Waals surface area contributed by atoms with Gasteiger partial charge in [0.25, 0.3) is 5.91 Å². The number of amides is 1. The van der Waals surface area contributed by atoms with E-state index in [9.17, 15) is 9.59 Å². The van der Waals surface area contributed by atoms with Crippen LogP contribution in [0, 0.1) is 0 Å². The van der Waals surface area contributed by atoms with Gasteiger partial charge in [-0.05, 0) is 41.3 Å². The van der Waals surface area contributed by atoms with E-state index >= 15 is 0 Å². The van der Waals surface area contributed by atoms with E-state index in [-0.39, 0.29) is 17.4 Å². The molecule has 1 aromatic carbocycles. The van der Waals surface area contributed by atoms with Crippen molar-refractivity contribution < 1.29 is 9.59 Å². The quantitative estimate of drug-likeness (QED) is 0.463. The Bertz CT molecular complexity index is 1050. The molecule has 1 aliphatic heterocycles. The molecule has 28 heavy (non-hydrogen) atoms. The number of anilines is 1. The Hall–Kier alpha value is -3.03. The van der Waals surface area contributed by atoms with Crippen LogP contribution in [0.5, 0.6) is 0 Å². The first-order chi connectivity index (χ1) is 13.7. The third kappa shape index (κ3) is 3.95. The molecule has 0 saturated heterocycles. The SMILES string of the molecule is O=C(CSC1=N/C(=C/c2cccnc2)C(=O)N1c1ccccc1)c1cccs1. The summed E-state index contributed by atoms with van der Waals surface area (Å²) in [4.78, 5) is 36.2. The van der Waals surface area contributed by atoms with Crippen molar-refractivity contribution in [1.82, 2.24) is 4.98 Å². The molecule has 0 unspecified atom stereocenters. The van der Waals surface area contributed by atoms with Gasteiger partial charge in [-0.1, -0.05) is 42.1 Å². The molecule has 0 aliphatic carbocycles. The van der Waals surface area contributed by atoms with Crippen molar-refractivity contribution in [1.29, 1.82) is 0 Å². The fourth-order valence-electron chi connectivity index (χ4n) is 2.66. The highest BCUT2D eigenvalue weighted by Gasteiger charge is 2.32. The number of nitrogens with zero attached hydrogens (tertiary/aromatic N) is 3. The summed E-state index contributed by atoms with van der Waals surface area (Å²) in [6.07, 6.45) is 5.06. The highest BCUT2D eigenvalue weighted by atomic mass is 32.2. The van der Waals surface area contributed by atoms with Crippen LogP contribution in [0.2, 0.25) is 0 Å². The van der Waals surface area contributed by atoms with Crippen LogP contribution in [0.15, 0.2) is 83.1 Å². The van der Waals surface area contributed by atoms with Gasteiger partial charge < -0.3 is 0 Å². The minimum Gasteiger partial charge on any atom is -0.292 e. The number of rotatable bonds is 5. The van der Waals surface area contributed by atoms with Crippen molar-refractivity contribution in [2.24, 2.45) is 4.99 Å². The number of aliphatic imine (C=N–C) groups is 1. The third-order valence-electron chi connectivity index (χ3n) is 3.96. The Labute approximate surface area is 170 Å². The topological polar surface area (TPSA) is 62.6 Å². The molecular formula is C21H15N3O2S2. The molecule has 0 bridgehead atoms. The van der Waals surface area contributed by atoms with Crippen LogP contribution in [0.1, 0.15) is 15.2 Å². The Kier molecular flexibility index (Phi) is 5.45. The van der Waals surface area contributed by atoms with Crippen LogP contribution in [0.4, 0.5) is 5.69 Å². The molecule has 1 aliphatic rings. The summed E-state index contributed by atoms with van der Waals surface area (Å²) in [5, 5.41) is 2.37. The average molecular weight is 406 g/mol. The minimum atomic E-state index is -0.221. The predicted octanol–water partition coefficient (Wildman–Crippen LogP) is 4.50. The number of benzene rings is 1. The number of ketones is 1. The Morgan fingerprint density at radius 2 is 1.96 bits per heavy atom. The normalized spacial score (nSPS) is 15.1. The van der Waals surface area contributed by atoms with Crippen molar-refractivity contribution in [3.05, 3.63) is 88.5 Å². The lowest BCUT2D eigenvalue weighted by molar-refractivity contribution is -0.113. The molecule has 0 atom stereocenters. The van der Waals surface area contributed by atoms with Gasteiger partial charge in [0, 0.05) is 12.4 Å². The second kappa shape index (κ2) is 8.33. The summed E-state index contributed by atoms with van der Waals surface area (Å²) in [6.45, 7) is 0. The number of aromatic nitrogens is 1. The Balaban J connectivity index is 1.62. The smallest absolute Gasteiger partial charge is 0.283 e. The molecule has 2 aromatic heterocycles. The highest BCUT2D eigenvalue weighted by Crippen LogP contribution is 2.29. The van der Waals surface area contributed by atoms with Crippen LogP contribution in [0.3, 0.4) is 0 Å². The number of hydrogen-bond acceptors (Lipinski definition) is 6. The third-order valence-corrected chi connectivity index (χ3v) is 5.81. The lowest BCUT2D eigenvalue weighted by Crippen LogP contribution is -2.30. The zero-order valence-electron chi connectivity index (χ0n) is 14.7. The number of amidine groups is 1. The molecular weight excluding hydrogens is 390 g/mol. The van der Waals surface area contributed by atoms with Gasteiger partial charge in [0.1, 0.15) is 5.70 Å². The number of thioether (sulfide) groups is 1. The van der Waals surface area contributed by atoms with Crippen molar-refractivity contribution in [3.8, 4) is 0 Å². The van der Waals surface area contributed by atoms with Crippen molar-refractivity contribution >= 4 is 51.7 Å². The lowest BCUT2D eigenvalue weighted by atomic mass is 10.2. The van der Waals surface area contributed by atoms with Crippen LogP contribution in [-0.4, -0.2) is 27.6 Å². The number of thiophene rings is 1. The summed E-state index contributed by atoms with van der Waals surface area (Å²) < 4.78 is 0. The fourth-order valence-corrected chi connectivity index (χ4v) is 4.31. The van der Waals surface area contributed by atoms with Crippen LogP contribution in [0.25, 0.3) is 6.08 Å². The first-order valence-electron chi connectivity index (χ1n) is 8.52. The second-order valence-corrected chi connectivity index (χ2v) is 7.77. The standard InChI is InChI=1S/C21H15N3O2S2/c25-18(19-9-5-11-27-19)14-28-21-23-17(12-15-6-4-10-22-13-15)20(26)24(21)16-7-2-1-3-8-16/h1-13H,14H2/b17-12+. The molecule has 0 N–H and O–H groups in total. The van der Waals surface area contributed by atoms with Gasteiger partial charge in [-0.25, -0.2) is 4.99 Å². The van der Waals surface area contributed by atoms with Gasteiger partial charge in [0.2, 0.25) is 0 Å². The maximum atomic E-state index is 13.0. The van der Waals surface area contributed by atoms with Gasteiger partial charge in [-0.3, -0.25) is 19.5 Å². The van der Waals surface area contributed by atoms with E-state index in [0.717, 1.165) is 11.3 Å². The van der Waals surface area contributed by atoms with E-state index in [1.54, 1.807) is 35.5 Å². The largest absolute Gasteiger partial charge is 0.292 e. The predicted molar refractivity (Wildman–Crippen MR) is 115 cm³/mol. The summed E-state index contributed by atoms with van der Waals surface area (Å²) in [5.41, 5.74) is 1.84. The summed E-state index contributed by atoms with van der Waals surface area (Å²) in [5.74, 6) is 0.0184. The highest BCUT2D eigenvalue weighted by molar-refractivity contribution is 8.14. The molecule has 7 heteroatoms. The van der Waals surface area contributed by atoms with Gasteiger partial charge in [-0.2, -0.15) is 0 Å². The molecule has 0 spiro atoms. The van der Waals surface area contributed by atoms with Crippen molar-refractivity contribution in [2.75, 3.05) is 10.7 Å². The van der Waals surface area contributed by atoms with Crippen molar-refractivity contribution in [2.45, 2.75) is 0 Å². The number of Topliss-reactive ketones (excluding diaryl/α,β-unsaturated/α-hetero) is 1. The molecule has 0 saturated carbocycles. The maximum absolute atomic E-state index is 13.0. The number of pyridine rings is 1. The zero-order valence-corrected chi connectivity index (χ0v) is 16.3. The molecule has 1 amide bonds. The Morgan fingerprint density at radius 1 is 1.11 bits per heavy atom. The average Bonchev–Trinajstić information content (AvgIpc) is 3.37. The van der Waals surface area contributed by atoms with Gasteiger partial charge >= 0.3 is 0 Å². The molecule has 0 fully saturated rings. The van der Waals surface area contributed by atoms with E-state index in [1.165, 1.54) is 23.1 Å². The fraction of sp³-hybridized carbons (Fsp3) is 0.0476. The second-order valence-electron chi connectivity index (χ2n) is 5.88. The Morgan fingerprint density at radius 3 is 2.68 bits per heavy atom. The van der Waals surface area contributed by atoms with E-state index in [1.807, 2.05) is 47.8 Å². The first-order valence-corrected chi connectivity index (χ1v) is 10.4.